The first-order chi connectivity index (χ1) is 7.19. The number of carbonyl (C=O) groups is 1. The molecule has 1 aromatic carbocycles. The molecule has 0 fully saturated rings. The Bertz CT molecular complexity index is 327. The van der Waals surface area contributed by atoms with Gasteiger partial charge in [-0.1, -0.05) is 12.1 Å². The summed E-state index contributed by atoms with van der Waals surface area (Å²) in [4.78, 5) is 11.1. The molecule has 0 aliphatic carbocycles. The molecular formula is C11H16ClNO3. The van der Waals surface area contributed by atoms with Crippen molar-refractivity contribution >= 4 is 18.4 Å². The average molecular weight is 246 g/mol. The van der Waals surface area contributed by atoms with Gasteiger partial charge in [0, 0.05) is 12.6 Å². The van der Waals surface area contributed by atoms with Crippen molar-refractivity contribution in [2.24, 2.45) is 5.73 Å². The number of hydrogen-bond acceptors (Lipinski definition) is 4. The lowest BCUT2D eigenvalue weighted by atomic mass is 10.0. The van der Waals surface area contributed by atoms with Gasteiger partial charge < -0.3 is 15.6 Å². The molecular weight excluding hydrogens is 230 g/mol. The maximum absolute atomic E-state index is 11.1. The lowest BCUT2D eigenvalue weighted by molar-refractivity contribution is 0.0600. The van der Waals surface area contributed by atoms with Gasteiger partial charge >= 0.3 is 5.97 Å². The van der Waals surface area contributed by atoms with Gasteiger partial charge in [0.2, 0.25) is 0 Å². The third kappa shape index (κ3) is 3.81. The summed E-state index contributed by atoms with van der Waals surface area (Å²) >= 11 is 0. The first-order valence-electron chi connectivity index (χ1n) is 4.73. The van der Waals surface area contributed by atoms with Crippen molar-refractivity contribution in [1.29, 1.82) is 0 Å². The number of esters is 1. The quantitative estimate of drug-likeness (QED) is 0.784. The van der Waals surface area contributed by atoms with Crippen LogP contribution in [0.25, 0.3) is 0 Å². The minimum absolute atomic E-state index is 0. The van der Waals surface area contributed by atoms with Gasteiger partial charge in [-0.25, -0.2) is 4.79 Å². The average Bonchev–Trinajstić information content (AvgIpc) is 2.28. The number of halogens is 1. The molecule has 0 amide bonds. The number of methoxy groups -OCH3 is 1. The maximum atomic E-state index is 11.1. The van der Waals surface area contributed by atoms with E-state index in [0.717, 1.165) is 5.56 Å². The summed E-state index contributed by atoms with van der Waals surface area (Å²) in [7, 11) is 1.34. The fourth-order valence-corrected chi connectivity index (χ4v) is 1.29. The highest BCUT2D eigenvalue weighted by atomic mass is 35.5. The molecule has 0 heterocycles. The molecule has 0 aromatic heterocycles. The molecule has 1 aromatic rings. The maximum Gasteiger partial charge on any atom is 0.337 e. The van der Waals surface area contributed by atoms with Crippen LogP contribution in [0.5, 0.6) is 0 Å². The van der Waals surface area contributed by atoms with Crippen LogP contribution in [0.4, 0.5) is 0 Å². The Morgan fingerprint density at radius 3 is 2.44 bits per heavy atom. The summed E-state index contributed by atoms with van der Waals surface area (Å²) in [6.07, 6.45) is 0.511. The van der Waals surface area contributed by atoms with E-state index in [0.29, 0.717) is 12.0 Å². The van der Waals surface area contributed by atoms with E-state index in [1.165, 1.54) is 7.11 Å². The predicted octanol–water partition coefficient (Wildman–Crippen LogP) is 1.28. The van der Waals surface area contributed by atoms with Crippen LogP contribution in [0, 0.1) is 0 Å². The highest BCUT2D eigenvalue weighted by Gasteiger charge is 2.08. The first kappa shape index (κ1) is 14.9. The zero-order valence-corrected chi connectivity index (χ0v) is 9.87. The lowest BCUT2D eigenvalue weighted by Crippen LogP contribution is -2.12. The van der Waals surface area contributed by atoms with Crippen LogP contribution in [0.3, 0.4) is 0 Å². The molecule has 0 saturated carbocycles. The molecule has 0 spiro atoms. The van der Waals surface area contributed by atoms with Gasteiger partial charge in [-0.15, -0.1) is 12.4 Å². The van der Waals surface area contributed by atoms with E-state index in [1.54, 1.807) is 24.3 Å². The molecule has 0 radical (unpaired) electrons. The Kier molecular flexibility index (Phi) is 6.72. The second kappa shape index (κ2) is 7.22. The lowest BCUT2D eigenvalue weighted by Gasteiger charge is -2.10. The van der Waals surface area contributed by atoms with Gasteiger partial charge in [0.15, 0.2) is 0 Å². The Balaban J connectivity index is 0.00000225. The fraction of sp³-hybridized carbons (Fsp3) is 0.364. The molecule has 0 saturated heterocycles. The highest BCUT2D eigenvalue weighted by Crippen LogP contribution is 2.14. The van der Waals surface area contributed by atoms with Crippen molar-refractivity contribution in [2.75, 3.05) is 13.7 Å². The van der Waals surface area contributed by atoms with E-state index in [-0.39, 0.29) is 31.0 Å². The van der Waals surface area contributed by atoms with Crippen LogP contribution in [0.2, 0.25) is 0 Å². The molecule has 1 atom stereocenters. The van der Waals surface area contributed by atoms with Crippen molar-refractivity contribution in [1.82, 2.24) is 0 Å². The summed E-state index contributed by atoms with van der Waals surface area (Å²) in [6.45, 7) is 0.0555. The van der Waals surface area contributed by atoms with Gasteiger partial charge in [-0.3, -0.25) is 0 Å². The van der Waals surface area contributed by atoms with Crippen molar-refractivity contribution in [2.45, 2.75) is 12.5 Å². The fourth-order valence-electron chi connectivity index (χ4n) is 1.29. The van der Waals surface area contributed by atoms with E-state index in [1.807, 2.05) is 0 Å². The molecule has 4 nitrogen and oxygen atoms in total. The number of hydrogen-bond donors (Lipinski definition) is 2. The first-order valence-corrected chi connectivity index (χ1v) is 4.73. The molecule has 90 valence electrons. The Labute approximate surface area is 101 Å². The Morgan fingerprint density at radius 1 is 1.44 bits per heavy atom. The van der Waals surface area contributed by atoms with E-state index >= 15 is 0 Å². The minimum atomic E-state index is -0.364. The SMILES string of the molecule is COC(=O)c1ccc([C@H](N)CCO)cc1.Cl. The van der Waals surface area contributed by atoms with Crippen molar-refractivity contribution in [3.8, 4) is 0 Å². The number of rotatable bonds is 4. The van der Waals surface area contributed by atoms with Crippen LogP contribution < -0.4 is 5.73 Å². The van der Waals surface area contributed by atoms with Gasteiger partial charge in [0.25, 0.3) is 0 Å². The van der Waals surface area contributed by atoms with E-state index in [9.17, 15) is 4.79 Å². The second-order valence-electron chi connectivity index (χ2n) is 3.23. The van der Waals surface area contributed by atoms with Gasteiger partial charge in [-0.05, 0) is 24.1 Å². The summed E-state index contributed by atoms with van der Waals surface area (Å²) < 4.78 is 4.57. The largest absolute Gasteiger partial charge is 0.465 e. The van der Waals surface area contributed by atoms with Crippen LogP contribution in [-0.4, -0.2) is 24.8 Å². The van der Waals surface area contributed by atoms with Crippen molar-refractivity contribution < 1.29 is 14.6 Å². The molecule has 0 unspecified atom stereocenters. The Hall–Kier alpha value is -1.10. The van der Waals surface area contributed by atoms with E-state index in [2.05, 4.69) is 4.74 Å². The molecule has 5 heteroatoms. The number of aliphatic hydroxyl groups is 1. The molecule has 0 aliphatic heterocycles. The predicted molar refractivity (Wildman–Crippen MR) is 63.7 cm³/mol. The molecule has 3 N–H and O–H groups in total. The van der Waals surface area contributed by atoms with Crippen LogP contribution >= 0.6 is 12.4 Å². The van der Waals surface area contributed by atoms with Gasteiger partial charge in [-0.2, -0.15) is 0 Å². The molecule has 1 rings (SSSR count). The third-order valence-corrected chi connectivity index (χ3v) is 2.20. The summed E-state index contributed by atoms with van der Waals surface area (Å²) in [5.74, 6) is -0.364. The third-order valence-electron chi connectivity index (χ3n) is 2.20. The molecule has 0 aliphatic rings. The zero-order chi connectivity index (χ0) is 11.3. The van der Waals surface area contributed by atoms with Crippen molar-refractivity contribution in [3.05, 3.63) is 35.4 Å². The molecule has 16 heavy (non-hydrogen) atoms. The van der Waals surface area contributed by atoms with E-state index < -0.39 is 0 Å². The standard InChI is InChI=1S/C11H15NO3.ClH/c1-15-11(14)9-4-2-8(3-5-9)10(12)6-7-13;/h2-5,10,13H,6-7,12H2,1H3;1H/t10-;/m1./s1. The topological polar surface area (TPSA) is 72.5 Å². The minimum Gasteiger partial charge on any atom is -0.465 e. The summed E-state index contributed by atoms with van der Waals surface area (Å²) in [5, 5.41) is 8.72. The number of benzene rings is 1. The monoisotopic (exact) mass is 245 g/mol. The second-order valence-corrected chi connectivity index (χ2v) is 3.23. The zero-order valence-electron chi connectivity index (χ0n) is 9.05. The van der Waals surface area contributed by atoms with Crippen LogP contribution in [0.15, 0.2) is 24.3 Å². The Morgan fingerprint density at radius 2 is 2.00 bits per heavy atom. The molecule has 0 bridgehead atoms. The van der Waals surface area contributed by atoms with E-state index in [4.69, 9.17) is 10.8 Å². The smallest absolute Gasteiger partial charge is 0.337 e. The van der Waals surface area contributed by atoms with Gasteiger partial charge in [0.1, 0.15) is 0 Å². The number of ether oxygens (including phenoxy) is 1. The van der Waals surface area contributed by atoms with Crippen LogP contribution in [-0.2, 0) is 4.74 Å². The van der Waals surface area contributed by atoms with Crippen molar-refractivity contribution in [3.63, 3.8) is 0 Å². The van der Waals surface area contributed by atoms with Crippen LogP contribution in [0.1, 0.15) is 28.4 Å². The normalized spacial score (nSPS) is 11.4. The number of aliphatic hydroxyl groups excluding tert-OH is 1. The summed E-state index contributed by atoms with van der Waals surface area (Å²) in [5.41, 5.74) is 7.19. The highest BCUT2D eigenvalue weighted by molar-refractivity contribution is 5.89. The number of carbonyl (C=O) groups excluding carboxylic acids is 1. The van der Waals surface area contributed by atoms with Gasteiger partial charge in [0.05, 0.1) is 12.7 Å². The summed E-state index contributed by atoms with van der Waals surface area (Å²) in [6, 6.07) is 6.68. The number of nitrogens with two attached hydrogens (primary N) is 1.